The Hall–Kier alpha value is -2.45. The maximum Gasteiger partial charge on any atom is 0.296 e. The monoisotopic (exact) mass is 348 g/mol. The highest BCUT2D eigenvalue weighted by molar-refractivity contribution is 7.83. The number of nitrogens with one attached hydrogen (secondary N) is 2. The Labute approximate surface area is 139 Å². The van der Waals surface area contributed by atoms with Crippen LogP contribution >= 0.6 is 0 Å². The normalized spacial score (nSPS) is 12.5. The van der Waals surface area contributed by atoms with E-state index in [0.717, 1.165) is 5.56 Å². The molecule has 3 rings (SSSR count). The summed E-state index contributed by atoms with van der Waals surface area (Å²) in [5, 5.41) is 5.98. The van der Waals surface area contributed by atoms with Crippen LogP contribution in [-0.2, 0) is 17.5 Å². The highest BCUT2D eigenvalue weighted by Crippen LogP contribution is 2.19. The Balaban J connectivity index is 1.63. The van der Waals surface area contributed by atoms with Crippen molar-refractivity contribution in [1.82, 2.24) is 19.9 Å². The number of nitrogens with zero attached hydrogens (tertiary/aromatic N) is 2. The van der Waals surface area contributed by atoms with Gasteiger partial charge in [0.2, 0.25) is 0 Å². The number of alkyl halides is 2. The highest BCUT2D eigenvalue weighted by Gasteiger charge is 2.13. The van der Waals surface area contributed by atoms with Crippen LogP contribution in [0.4, 0.5) is 8.78 Å². The summed E-state index contributed by atoms with van der Waals surface area (Å²) >= 11 is 0. The molecule has 0 saturated heterocycles. The van der Waals surface area contributed by atoms with Crippen LogP contribution in [0, 0.1) is 0 Å². The standard InChI is InChI=1S/C16H14F2N4OS/c17-14(18)16-20-15(21-22-16)12-8-6-11(7-9-12)10-19-24(23)13-4-2-1-3-5-13/h1-9,14,19H,10H2,(H,20,21,22). The van der Waals surface area contributed by atoms with Crippen molar-refractivity contribution in [2.24, 2.45) is 0 Å². The summed E-state index contributed by atoms with van der Waals surface area (Å²) in [6.07, 6.45) is -2.68. The zero-order valence-electron chi connectivity index (χ0n) is 12.4. The summed E-state index contributed by atoms with van der Waals surface area (Å²) in [4.78, 5) is 4.45. The molecule has 0 amide bonds. The number of hydrogen-bond donors (Lipinski definition) is 2. The molecule has 3 aromatic rings. The molecular formula is C16H14F2N4OS. The van der Waals surface area contributed by atoms with E-state index >= 15 is 0 Å². The Morgan fingerprint density at radius 3 is 2.42 bits per heavy atom. The van der Waals surface area contributed by atoms with Gasteiger partial charge in [0.05, 0.1) is 4.90 Å². The first-order valence-electron chi connectivity index (χ1n) is 7.13. The molecule has 0 fully saturated rings. The molecule has 0 saturated carbocycles. The lowest BCUT2D eigenvalue weighted by atomic mass is 10.1. The van der Waals surface area contributed by atoms with Crippen LogP contribution in [0.2, 0.25) is 0 Å². The molecule has 124 valence electrons. The molecule has 8 heteroatoms. The minimum absolute atomic E-state index is 0.220. The summed E-state index contributed by atoms with van der Waals surface area (Å²) < 4.78 is 40.0. The maximum atomic E-state index is 12.5. The molecule has 1 heterocycles. The van der Waals surface area contributed by atoms with E-state index in [1.54, 1.807) is 24.3 Å². The molecule has 2 N–H and O–H groups in total. The Kier molecular flexibility index (Phi) is 5.07. The Morgan fingerprint density at radius 2 is 1.79 bits per heavy atom. The molecule has 2 aromatic carbocycles. The fourth-order valence-electron chi connectivity index (χ4n) is 2.05. The van der Waals surface area contributed by atoms with Gasteiger partial charge in [-0.1, -0.05) is 42.5 Å². The van der Waals surface area contributed by atoms with E-state index < -0.39 is 23.2 Å². The van der Waals surface area contributed by atoms with E-state index in [-0.39, 0.29) is 5.82 Å². The van der Waals surface area contributed by atoms with Crippen LogP contribution in [0.3, 0.4) is 0 Å². The van der Waals surface area contributed by atoms with Crippen LogP contribution in [0.15, 0.2) is 59.5 Å². The minimum Gasteiger partial charge on any atom is -0.258 e. The predicted molar refractivity (Wildman–Crippen MR) is 86.5 cm³/mol. The largest absolute Gasteiger partial charge is 0.296 e. The van der Waals surface area contributed by atoms with Crippen molar-refractivity contribution in [3.63, 3.8) is 0 Å². The molecule has 0 aliphatic carbocycles. The van der Waals surface area contributed by atoms with Gasteiger partial charge in [0.25, 0.3) is 6.43 Å². The highest BCUT2D eigenvalue weighted by atomic mass is 32.2. The lowest BCUT2D eigenvalue weighted by Gasteiger charge is -2.05. The molecule has 5 nitrogen and oxygen atoms in total. The smallest absolute Gasteiger partial charge is 0.258 e. The van der Waals surface area contributed by atoms with E-state index in [1.807, 2.05) is 30.3 Å². The summed E-state index contributed by atoms with van der Waals surface area (Å²) in [7, 11) is -1.29. The van der Waals surface area contributed by atoms with Crippen molar-refractivity contribution in [3.8, 4) is 11.4 Å². The first-order chi connectivity index (χ1) is 11.6. The van der Waals surface area contributed by atoms with Crippen LogP contribution in [0.25, 0.3) is 11.4 Å². The van der Waals surface area contributed by atoms with Crippen LogP contribution in [0.1, 0.15) is 17.8 Å². The van der Waals surface area contributed by atoms with Crippen LogP contribution in [-0.4, -0.2) is 19.4 Å². The van der Waals surface area contributed by atoms with Gasteiger partial charge in [-0.2, -0.15) is 5.10 Å². The molecule has 0 radical (unpaired) electrons. The number of aromatic amines is 1. The van der Waals surface area contributed by atoms with Gasteiger partial charge in [0.1, 0.15) is 11.0 Å². The average molecular weight is 348 g/mol. The van der Waals surface area contributed by atoms with Gasteiger partial charge in [-0.3, -0.25) is 5.10 Å². The number of rotatable bonds is 6. The lowest BCUT2D eigenvalue weighted by molar-refractivity contribution is 0.141. The number of H-pyrrole nitrogens is 1. The van der Waals surface area contributed by atoms with Gasteiger partial charge < -0.3 is 0 Å². The molecule has 0 bridgehead atoms. The Morgan fingerprint density at radius 1 is 1.08 bits per heavy atom. The molecular weight excluding hydrogens is 334 g/mol. The third-order valence-corrected chi connectivity index (χ3v) is 4.39. The first-order valence-corrected chi connectivity index (χ1v) is 8.28. The summed E-state index contributed by atoms with van der Waals surface area (Å²) in [6.45, 7) is 0.415. The number of hydrogen-bond acceptors (Lipinski definition) is 3. The van der Waals surface area contributed by atoms with Gasteiger partial charge in [-0.15, -0.1) is 0 Å². The van der Waals surface area contributed by atoms with Crippen molar-refractivity contribution in [2.45, 2.75) is 17.9 Å². The fraction of sp³-hybridized carbons (Fsp3) is 0.125. The average Bonchev–Trinajstić information content (AvgIpc) is 3.11. The first kappa shape index (κ1) is 16.4. The minimum atomic E-state index is -2.68. The van der Waals surface area contributed by atoms with Crippen molar-refractivity contribution < 1.29 is 13.0 Å². The van der Waals surface area contributed by atoms with Crippen molar-refractivity contribution in [3.05, 3.63) is 66.0 Å². The van der Waals surface area contributed by atoms with E-state index in [0.29, 0.717) is 17.0 Å². The molecule has 1 unspecified atom stereocenters. The molecule has 1 aromatic heterocycles. The van der Waals surface area contributed by atoms with Gasteiger partial charge >= 0.3 is 0 Å². The lowest BCUT2D eigenvalue weighted by Crippen LogP contribution is -2.16. The predicted octanol–water partition coefficient (Wildman–Crippen LogP) is 3.22. The maximum absolute atomic E-state index is 12.5. The zero-order valence-corrected chi connectivity index (χ0v) is 13.3. The summed E-state index contributed by atoms with van der Waals surface area (Å²) in [6, 6.07) is 16.2. The fourth-order valence-corrected chi connectivity index (χ4v) is 2.92. The van der Waals surface area contributed by atoms with E-state index in [9.17, 15) is 13.0 Å². The molecule has 0 aliphatic rings. The second-order valence-electron chi connectivity index (χ2n) is 4.94. The molecule has 0 aliphatic heterocycles. The number of benzene rings is 2. The van der Waals surface area contributed by atoms with Gasteiger partial charge in [-0.25, -0.2) is 22.7 Å². The number of halogens is 2. The third kappa shape index (κ3) is 3.90. The second-order valence-corrected chi connectivity index (χ2v) is 6.24. The quantitative estimate of drug-likeness (QED) is 0.718. The molecule has 24 heavy (non-hydrogen) atoms. The third-order valence-electron chi connectivity index (χ3n) is 3.29. The summed E-state index contributed by atoms with van der Waals surface area (Å²) in [5.41, 5.74) is 1.54. The van der Waals surface area contributed by atoms with Crippen molar-refractivity contribution >= 4 is 11.0 Å². The topological polar surface area (TPSA) is 70.7 Å². The van der Waals surface area contributed by atoms with Gasteiger partial charge in [-0.05, 0) is 17.7 Å². The number of aromatic nitrogens is 3. The SMILES string of the molecule is O=S(NCc1ccc(-c2n[nH]c(C(F)F)n2)cc1)c1ccccc1. The van der Waals surface area contributed by atoms with Crippen LogP contribution < -0.4 is 4.72 Å². The Bertz CT molecular complexity index is 822. The van der Waals surface area contributed by atoms with Gasteiger partial charge in [0.15, 0.2) is 11.6 Å². The van der Waals surface area contributed by atoms with Crippen molar-refractivity contribution in [2.75, 3.05) is 0 Å². The molecule has 0 spiro atoms. The van der Waals surface area contributed by atoms with E-state index in [4.69, 9.17) is 0 Å². The molecule has 1 atom stereocenters. The van der Waals surface area contributed by atoms with Gasteiger partial charge in [0, 0.05) is 12.1 Å². The van der Waals surface area contributed by atoms with Crippen molar-refractivity contribution in [1.29, 1.82) is 0 Å². The van der Waals surface area contributed by atoms with E-state index in [1.165, 1.54) is 0 Å². The second kappa shape index (κ2) is 7.41. The zero-order chi connectivity index (χ0) is 16.9. The van der Waals surface area contributed by atoms with Crippen LogP contribution in [0.5, 0.6) is 0 Å². The summed E-state index contributed by atoms with van der Waals surface area (Å²) in [5.74, 6) is -0.230. The van der Waals surface area contributed by atoms with E-state index in [2.05, 4.69) is 19.9 Å².